The van der Waals surface area contributed by atoms with Crippen molar-refractivity contribution in [3.05, 3.63) is 105 Å². The lowest BCUT2D eigenvalue weighted by Gasteiger charge is -2.15. The van der Waals surface area contributed by atoms with Gasteiger partial charge in [0.15, 0.2) is 0 Å². The number of aromatic hydroxyl groups is 2. The van der Waals surface area contributed by atoms with Crippen LogP contribution in [0.15, 0.2) is 83.0 Å². The zero-order chi connectivity index (χ0) is 38.8. The second kappa shape index (κ2) is 15.9. The Labute approximate surface area is 319 Å². The summed E-state index contributed by atoms with van der Waals surface area (Å²) in [6.07, 6.45) is 14.6. The first-order valence-electron chi connectivity index (χ1n) is 19.1. The molecular weight excluding hydrogens is 669 g/mol. The van der Waals surface area contributed by atoms with Gasteiger partial charge >= 0.3 is 0 Å². The minimum atomic E-state index is 0.115. The summed E-state index contributed by atoms with van der Waals surface area (Å²) in [4.78, 5) is 7.17. The summed E-state index contributed by atoms with van der Waals surface area (Å²) in [6, 6.07) is 12.4. The second-order valence-corrected chi connectivity index (χ2v) is 15.4. The van der Waals surface area contributed by atoms with E-state index in [0.717, 1.165) is 92.0 Å². The molecule has 4 aromatic carbocycles. The van der Waals surface area contributed by atoms with Crippen LogP contribution in [0.1, 0.15) is 89.5 Å². The van der Waals surface area contributed by atoms with Gasteiger partial charge in [-0.25, -0.2) is 0 Å². The molecule has 0 unspecified atom stereocenters. The van der Waals surface area contributed by atoms with E-state index in [1.807, 2.05) is 26.0 Å². The molecule has 0 bridgehead atoms. The Hall–Kier alpha value is -5.36. The minimum absolute atomic E-state index is 0.115. The molecule has 4 N–H and O–H groups in total. The molecule has 0 fully saturated rings. The van der Waals surface area contributed by atoms with Crippen LogP contribution in [0.4, 0.5) is 0 Å². The number of hydrogen-bond acceptors (Lipinski definition) is 4. The van der Waals surface area contributed by atoms with Crippen molar-refractivity contribution in [2.45, 2.75) is 93.9 Å². The Bertz CT molecular complexity index is 2330. The summed E-state index contributed by atoms with van der Waals surface area (Å²) in [5.41, 5.74) is 13.6. The van der Waals surface area contributed by atoms with Gasteiger partial charge in [-0.05, 0) is 141 Å². The molecule has 6 heteroatoms. The number of phenolic OH excluding ortho intramolecular Hbond substituents is 2. The van der Waals surface area contributed by atoms with Gasteiger partial charge in [-0.15, -0.1) is 0 Å². The zero-order valence-corrected chi connectivity index (χ0v) is 33.7. The van der Waals surface area contributed by atoms with Crippen LogP contribution in [-0.2, 0) is 12.8 Å². The number of benzene rings is 4. The number of H-pyrrole nitrogens is 2. The first-order valence-corrected chi connectivity index (χ1v) is 19.1. The molecule has 0 radical (unpaired) electrons. The van der Waals surface area contributed by atoms with Crippen molar-refractivity contribution < 1.29 is 19.7 Å². The molecule has 0 aliphatic heterocycles. The summed E-state index contributed by atoms with van der Waals surface area (Å²) < 4.78 is 11.7. The summed E-state index contributed by atoms with van der Waals surface area (Å²) >= 11 is 0. The van der Waals surface area contributed by atoms with E-state index in [1.54, 1.807) is 14.2 Å². The van der Waals surface area contributed by atoms with E-state index in [-0.39, 0.29) is 11.5 Å². The molecule has 0 amide bonds. The number of aromatic amines is 2. The number of aromatic nitrogens is 2. The third-order valence-corrected chi connectivity index (χ3v) is 10.8. The fourth-order valence-corrected chi connectivity index (χ4v) is 7.87. The smallest absolute Gasteiger partial charge is 0.147 e. The number of hydrogen-bond donors (Lipinski definition) is 4. The Morgan fingerprint density at radius 2 is 0.944 bits per heavy atom. The molecule has 0 spiro atoms. The topological polar surface area (TPSA) is 90.5 Å². The van der Waals surface area contributed by atoms with Crippen molar-refractivity contribution in [1.29, 1.82) is 0 Å². The van der Waals surface area contributed by atoms with Crippen molar-refractivity contribution in [2.24, 2.45) is 0 Å². The van der Waals surface area contributed by atoms with Gasteiger partial charge in [0.1, 0.15) is 23.0 Å². The largest absolute Gasteiger partial charge is 0.505 e. The number of fused-ring (bicyclic) bond motifs is 6. The average Bonchev–Trinajstić information content (AvgIpc) is 3.69. The van der Waals surface area contributed by atoms with E-state index in [1.165, 1.54) is 22.3 Å². The van der Waals surface area contributed by atoms with Crippen molar-refractivity contribution in [1.82, 2.24) is 9.97 Å². The maximum absolute atomic E-state index is 12.1. The van der Waals surface area contributed by atoms with Crippen LogP contribution in [0.25, 0.3) is 54.7 Å². The zero-order valence-electron chi connectivity index (χ0n) is 33.7. The molecule has 0 aliphatic carbocycles. The van der Waals surface area contributed by atoms with E-state index >= 15 is 0 Å². The van der Waals surface area contributed by atoms with Crippen LogP contribution in [0.2, 0.25) is 0 Å². The molecule has 2 heterocycles. The van der Waals surface area contributed by atoms with Gasteiger partial charge in [-0.2, -0.15) is 0 Å². The number of aryl methyl sites for hydroxylation is 2. The van der Waals surface area contributed by atoms with Gasteiger partial charge in [0, 0.05) is 43.8 Å². The molecule has 0 saturated heterocycles. The van der Waals surface area contributed by atoms with E-state index in [2.05, 4.69) is 100 Å². The molecule has 2 aromatic heterocycles. The Morgan fingerprint density at radius 1 is 0.556 bits per heavy atom. The Kier molecular flexibility index (Phi) is 11.3. The van der Waals surface area contributed by atoms with Crippen LogP contribution >= 0.6 is 0 Å². The third-order valence-electron chi connectivity index (χ3n) is 10.8. The molecule has 6 nitrogen and oxygen atoms in total. The molecule has 0 aliphatic rings. The fourth-order valence-electron chi connectivity index (χ4n) is 7.87. The summed E-state index contributed by atoms with van der Waals surface area (Å²) in [6.45, 7) is 16.9. The molecule has 0 atom stereocenters. The SMILES string of the molecule is COc1ccc2c([nH]c3c(O)c(-c4c(C)cc5c([nH]c6c(CC=C(C)CCC=C(C)C)c(OC)ccc65)c4O)c(C)cc32)c1CC=C(C)CCC=C(C)C. The van der Waals surface area contributed by atoms with E-state index in [9.17, 15) is 10.2 Å². The highest BCUT2D eigenvalue weighted by Crippen LogP contribution is 2.49. The van der Waals surface area contributed by atoms with Crippen LogP contribution in [0.3, 0.4) is 0 Å². The predicted octanol–water partition coefficient (Wildman–Crippen LogP) is 13.1. The molecule has 282 valence electrons. The van der Waals surface area contributed by atoms with Crippen molar-refractivity contribution in [2.75, 3.05) is 14.2 Å². The van der Waals surface area contributed by atoms with Gasteiger partial charge in [0.05, 0.1) is 36.3 Å². The van der Waals surface area contributed by atoms with Crippen molar-refractivity contribution >= 4 is 43.6 Å². The maximum atomic E-state index is 12.1. The number of ether oxygens (including phenoxy) is 2. The van der Waals surface area contributed by atoms with Crippen LogP contribution in [0.5, 0.6) is 23.0 Å². The molecule has 6 aromatic rings. The first-order chi connectivity index (χ1) is 25.8. The molecular formula is C48H56N2O4. The fraction of sp³-hybridized carbons (Fsp3) is 0.333. The van der Waals surface area contributed by atoms with Gasteiger partial charge in [-0.1, -0.05) is 46.6 Å². The van der Waals surface area contributed by atoms with Gasteiger partial charge < -0.3 is 29.7 Å². The number of rotatable bonds is 13. The summed E-state index contributed by atoms with van der Waals surface area (Å²) in [5.74, 6) is 1.85. The number of nitrogens with one attached hydrogen (secondary N) is 2. The number of methoxy groups -OCH3 is 2. The number of phenols is 2. The summed E-state index contributed by atoms with van der Waals surface area (Å²) in [5, 5.41) is 28.2. The van der Waals surface area contributed by atoms with Gasteiger partial charge in [-0.3, -0.25) is 0 Å². The highest BCUT2D eigenvalue weighted by Gasteiger charge is 2.25. The lowest BCUT2D eigenvalue weighted by molar-refractivity contribution is 0.411. The highest BCUT2D eigenvalue weighted by atomic mass is 16.5. The molecule has 0 saturated carbocycles. The molecule has 54 heavy (non-hydrogen) atoms. The van der Waals surface area contributed by atoms with Crippen LogP contribution in [-0.4, -0.2) is 34.4 Å². The standard InChI is InChI=1S/C48H56N2O4/c1-27(2)13-11-15-29(5)17-19-35-39(53-9)23-21-33-37-25-31(7)41(47(51)45(37)49-43(33)35)42-32(8)26-38-34-22-24-40(54-10)36(44(34)50-46(38)48(42)52)20-18-30(6)16-12-14-28(3)4/h13-14,17-18,21-26,49-52H,11-12,15-16,19-20H2,1-10H3. The highest BCUT2D eigenvalue weighted by molar-refractivity contribution is 6.16. The monoisotopic (exact) mass is 724 g/mol. The van der Waals surface area contributed by atoms with E-state index in [4.69, 9.17) is 9.47 Å². The third kappa shape index (κ3) is 7.39. The Balaban J connectivity index is 1.46. The van der Waals surface area contributed by atoms with E-state index < -0.39 is 0 Å². The quantitative estimate of drug-likeness (QED) is 0.0893. The van der Waals surface area contributed by atoms with Crippen molar-refractivity contribution in [3.63, 3.8) is 0 Å². The minimum Gasteiger partial charge on any atom is -0.505 e. The average molecular weight is 725 g/mol. The lowest BCUT2D eigenvalue weighted by atomic mass is 9.91. The Morgan fingerprint density at radius 3 is 1.30 bits per heavy atom. The normalized spacial score (nSPS) is 12.3. The predicted molar refractivity (Wildman–Crippen MR) is 229 cm³/mol. The van der Waals surface area contributed by atoms with Crippen molar-refractivity contribution in [3.8, 4) is 34.1 Å². The first kappa shape index (κ1) is 38.4. The lowest BCUT2D eigenvalue weighted by Crippen LogP contribution is -1.93. The van der Waals surface area contributed by atoms with Gasteiger partial charge in [0.25, 0.3) is 0 Å². The van der Waals surface area contributed by atoms with E-state index in [0.29, 0.717) is 35.0 Å². The number of allylic oxidation sites excluding steroid dienone is 8. The summed E-state index contributed by atoms with van der Waals surface area (Å²) in [7, 11) is 3.40. The van der Waals surface area contributed by atoms with Gasteiger partial charge in [0.2, 0.25) is 0 Å². The van der Waals surface area contributed by atoms with Crippen LogP contribution in [0, 0.1) is 13.8 Å². The van der Waals surface area contributed by atoms with Crippen LogP contribution < -0.4 is 9.47 Å². The second-order valence-electron chi connectivity index (χ2n) is 15.4. The maximum Gasteiger partial charge on any atom is 0.147 e. The molecule has 6 rings (SSSR count).